The molecule has 0 amide bonds. The van der Waals surface area contributed by atoms with Crippen LogP contribution >= 0.6 is 0 Å². The molecule has 5 nitrogen and oxygen atoms in total. The lowest BCUT2D eigenvalue weighted by molar-refractivity contribution is -0.150. The Bertz CT molecular complexity index is 527. The third kappa shape index (κ3) is 5.21. The first-order valence-electron chi connectivity index (χ1n) is 8.91. The van der Waals surface area contributed by atoms with Crippen LogP contribution in [-0.2, 0) is 9.53 Å². The van der Waals surface area contributed by atoms with Gasteiger partial charge in [0.05, 0.1) is 12.5 Å². The van der Waals surface area contributed by atoms with Gasteiger partial charge in [-0.05, 0) is 50.8 Å². The van der Waals surface area contributed by atoms with Gasteiger partial charge in [0.15, 0.2) is 0 Å². The Morgan fingerprint density at radius 3 is 2.79 bits per heavy atom. The highest BCUT2D eigenvalue weighted by molar-refractivity contribution is 5.72. The number of rotatable bonds is 7. The van der Waals surface area contributed by atoms with Gasteiger partial charge in [0.25, 0.3) is 0 Å². The second-order valence-corrected chi connectivity index (χ2v) is 6.69. The SMILES string of the molecule is CCCOC(=O)C1CCCN(CC(O)Nc2c(C)cccc2C)C1. The Hall–Kier alpha value is -1.59. The summed E-state index contributed by atoms with van der Waals surface area (Å²) in [5.41, 5.74) is 3.23. The Morgan fingerprint density at radius 2 is 2.12 bits per heavy atom. The highest BCUT2D eigenvalue weighted by atomic mass is 16.5. The number of carbonyl (C=O) groups excluding carboxylic acids is 1. The topological polar surface area (TPSA) is 61.8 Å². The maximum absolute atomic E-state index is 12.0. The molecule has 1 aromatic rings. The van der Waals surface area contributed by atoms with Crippen molar-refractivity contribution < 1.29 is 14.6 Å². The van der Waals surface area contributed by atoms with Gasteiger partial charge in [0.1, 0.15) is 6.23 Å². The number of hydrogen-bond donors (Lipinski definition) is 2. The number of carbonyl (C=O) groups is 1. The number of nitrogens with zero attached hydrogens (tertiary/aromatic N) is 1. The molecule has 2 unspecified atom stereocenters. The molecule has 24 heavy (non-hydrogen) atoms. The second-order valence-electron chi connectivity index (χ2n) is 6.69. The molecule has 1 aromatic carbocycles. The van der Waals surface area contributed by atoms with Crippen LogP contribution in [0.25, 0.3) is 0 Å². The van der Waals surface area contributed by atoms with Crippen molar-refractivity contribution in [3.05, 3.63) is 29.3 Å². The van der Waals surface area contributed by atoms with Crippen molar-refractivity contribution in [1.82, 2.24) is 4.90 Å². The zero-order chi connectivity index (χ0) is 17.5. The van der Waals surface area contributed by atoms with Crippen molar-refractivity contribution >= 4 is 11.7 Å². The number of ether oxygens (including phenoxy) is 1. The van der Waals surface area contributed by atoms with Crippen LogP contribution in [0.2, 0.25) is 0 Å². The largest absolute Gasteiger partial charge is 0.465 e. The van der Waals surface area contributed by atoms with Crippen LogP contribution in [0.15, 0.2) is 18.2 Å². The van der Waals surface area contributed by atoms with Gasteiger partial charge in [0, 0.05) is 18.8 Å². The number of esters is 1. The van der Waals surface area contributed by atoms with Crippen LogP contribution in [-0.4, -0.2) is 48.4 Å². The van der Waals surface area contributed by atoms with Crippen LogP contribution in [0.3, 0.4) is 0 Å². The van der Waals surface area contributed by atoms with Crippen LogP contribution in [0.5, 0.6) is 0 Å². The zero-order valence-corrected chi connectivity index (χ0v) is 15.0. The van der Waals surface area contributed by atoms with Crippen LogP contribution in [0.1, 0.15) is 37.3 Å². The number of piperidine rings is 1. The number of nitrogens with one attached hydrogen (secondary N) is 1. The molecule has 0 saturated carbocycles. The van der Waals surface area contributed by atoms with Crippen molar-refractivity contribution in [2.24, 2.45) is 5.92 Å². The Kier molecular flexibility index (Phi) is 7.06. The molecular weight excluding hydrogens is 304 g/mol. The molecule has 0 bridgehead atoms. The van der Waals surface area contributed by atoms with E-state index in [1.54, 1.807) is 0 Å². The van der Waals surface area contributed by atoms with Gasteiger partial charge in [-0.15, -0.1) is 0 Å². The molecule has 2 atom stereocenters. The summed E-state index contributed by atoms with van der Waals surface area (Å²) in [5, 5.41) is 13.6. The highest BCUT2D eigenvalue weighted by Gasteiger charge is 2.28. The first kappa shape index (κ1) is 18.7. The predicted octanol–water partition coefficient (Wildman–Crippen LogP) is 2.70. The Labute approximate surface area is 145 Å². The van der Waals surface area contributed by atoms with E-state index in [0.29, 0.717) is 19.7 Å². The average Bonchev–Trinajstić information content (AvgIpc) is 2.56. The van der Waals surface area contributed by atoms with Crippen molar-refractivity contribution in [1.29, 1.82) is 0 Å². The van der Waals surface area contributed by atoms with Crippen molar-refractivity contribution in [2.75, 3.05) is 31.6 Å². The Balaban J connectivity index is 1.87. The van der Waals surface area contributed by atoms with E-state index in [2.05, 4.69) is 10.2 Å². The summed E-state index contributed by atoms with van der Waals surface area (Å²) < 4.78 is 5.27. The minimum absolute atomic E-state index is 0.0716. The van der Waals surface area contributed by atoms with Gasteiger partial charge in [-0.2, -0.15) is 0 Å². The molecule has 1 heterocycles. The monoisotopic (exact) mass is 334 g/mol. The standard InChI is InChI=1S/C19H30N2O3/c1-4-11-24-19(23)16-9-6-10-21(12-16)13-17(22)20-18-14(2)7-5-8-15(18)3/h5,7-8,16-17,20,22H,4,6,9-13H2,1-3H3. The van der Waals surface area contributed by atoms with Crippen molar-refractivity contribution in [2.45, 2.75) is 46.3 Å². The Morgan fingerprint density at radius 1 is 1.42 bits per heavy atom. The normalized spacial score (nSPS) is 19.8. The maximum atomic E-state index is 12.0. The van der Waals surface area contributed by atoms with Gasteiger partial charge in [-0.25, -0.2) is 0 Å². The van der Waals surface area contributed by atoms with Gasteiger partial charge in [0.2, 0.25) is 0 Å². The summed E-state index contributed by atoms with van der Waals surface area (Å²) in [4.78, 5) is 14.2. The highest BCUT2D eigenvalue weighted by Crippen LogP contribution is 2.21. The van der Waals surface area contributed by atoms with E-state index in [1.807, 2.05) is 39.0 Å². The molecule has 1 aliphatic heterocycles. The lowest BCUT2D eigenvalue weighted by atomic mass is 9.98. The van der Waals surface area contributed by atoms with Gasteiger partial charge in [-0.1, -0.05) is 25.1 Å². The summed E-state index contributed by atoms with van der Waals surface area (Å²) in [6.07, 6.45) is 2.03. The lowest BCUT2D eigenvalue weighted by Crippen LogP contribution is -2.44. The minimum atomic E-state index is -0.657. The molecule has 1 aliphatic rings. The van der Waals surface area contributed by atoms with Gasteiger partial charge >= 0.3 is 5.97 Å². The molecule has 0 aromatic heterocycles. The molecule has 2 rings (SSSR count). The number of aliphatic hydroxyl groups excluding tert-OH is 1. The van der Waals surface area contributed by atoms with Crippen LogP contribution < -0.4 is 5.32 Å². The predicted molar refractivity (Wildman–Crippen MR) is 96.0 cm³/mol. The number of aliphatic hydroxyl groups is 1. The fraction of sp³-hybridized carbons (Fsp3) is 0.632. The van der Waals surface area contributed by atoms with E-state index in [9.17, 15) is 9.90 Å². The summed E-state index contributed by atoms with van der Waals surface area (Å²) in [5.74, 6) is -0.170. The number of para-hydroxylation sites is 1. The number of likely N-dealkylation sites (tertiary alicyclic amines) is 1. The van der Waals surface area contributed by atoms with E-state index in [1.165, 1.54) is 0 Å². The summed E-state index contributed by atoms with van der Waals surface area (Å²) in [6, 6.07) is 6.07. The van der Waals surface area contributed by atoms with Gasteiger partial charge < -0.3 is 15.2 Å². The summed E-state index contributed by atoms with van der Waals surface area (Å²) >= 11 is 0. The molecule has 0 radical (unpaired) electrons. The molecule has 5 heteroatoms. The van der Waals surface area contributed by atoms with E-state index in [4.69, 9.17) is 4.74 Å². The fourth-order valence-electron chi connectivity index (χ4n) is 3.23. The molecule has 134 valence electrons. The first-order chi connectivity index (χ1) is 11.5. The van der Waals surface area contributed by atoms with E-state index in [-0.39, 0.29) is 11.9 Å². The van der Waals surface area contributed by atoms with Crippen molar-refractivity contribution in [3.63, 3.8) is 0 Å². The number of benzene rings is 1. The van der Waals surface area contributed by atoms with Crippen molar-refractivity contribution in [3.8, 4) is 0 Å². The number of hydrogen-bond acceptors (Lipinski definition) is 5. The third-order valence-electron chi connectivity index (χ3n) is 4.51. The smallest absolute Gasteiger partial charge is 0.310 e. The second kappa shape index (κ2) is 9.04. The fourth-order valence-corrected chi connectivity index (χ4v) is 3.23. The average molecular weight is 334 g/mol. The van der Waals surface area contributed by atoms with E-state index >= 15 is 0 Å². The van der Waals surface area contributed by atoms with Crippen LogP contribution in [0, 0.1) is 19.8 Å². The van der Waals surface area contributed by atoms with Gasteiger partial charge in [-0.3, -0.25) is 9.69 Å². The molecule has 1 fully saturated rings. The summed E-state index contributed by atoms with van der Waals surface area (Å²) in [6.45, 7) is 8.62. The van der Waals surface area contributed by atoms with E-state index in [0.717, 1.165) is 42.6 Å². The number of aryl methyl sites for hydroxylation is 2. The summed E-state index contributed by atoms with van der Waals surface area (Å²) in [7, 11) is 0. The number of anilines is 1. The molecular formula is C19H30N2O3. The first-order valence-corrected chi connectivity index (χ1v) is 8.91. The maximum Gasteiger partial charge on any atom is 0.310 e. The quantitative estimate of drug-likeness (QED) is 0.593. The lowest BCUT2D eigenvalue weighted by Gasteiger charge is -2.33. The third-order valence-corrected chi connectivity index (χ3v) is 4.51. The molecule has 2 N–H and O–H groups in total. The number of β-amino-alcohol motifs (C(OH)–C–C–N with tert-alkyl or cyclic N) is 1. The molecule has 0 spiro atoms. The van der Waals surface area contributed by atoms with E-state index < -0.39 is 6.23 Å². The molecule has 0 aliphatic carbocycles. The van der Waals surface area contributed by atoms with Crippen LogP contribution in [0.4, 0.5) is 5.69 Å². The molecule has 1 saturated heterocycles. The minimum Gasteiger partial charge on any atom is -0.465 e. The zero-order valence-electron chi connectivity index (χ0n) is 15.0.